The van der Waals surface area contributed by atoms with Crippen molar-refractivity contribution < 1.29 is 10.2 Å². The summed E-state index contributed by atoms with van der Waals surface area (Å²) in [6, 6.07) is 3.75. The first-order chi connectivity index (χ1) is 6.34. The van der Waals surface area contributed by atoms with Gasteiger partial charge in [0.15, 0.2) is 5.76 Å². The Bertz CT molecular complexity index is 279. The number of unbranched alkanes of at least 4 members (excludes halogenated alkanes) is 2. The van der Waals surface area contributed by atoms with Crippen molar-refractivity contribution in [1.82, 2.24) is 0 Å². The van der Waals surface area contributed by atoms with Crippen LogP contribution in [0.5, 0.6) is 0 Å². The van der Waals surface area contributed by atoms with E-state index < -0.39 is 0 Å². The predicted molar refractivity (Wildman–Crippen MR) is 51.6 cm³/mol. The molecule has 2 nitrogen and oxygen atoms in total. The van der Waals surface area contributed by atoms with Gasteiger partial charge in [-0.25, -0.2) is 0 Å². The van der Waals surface area contributed by atoms with E-state index in [1.165, 1.54) is 6.42 Å². The Hall–Kier alpha value is -1.20. The normalized spacial score (nSPS) is 11.8. The molecule has 1 rings (SSSR count). The monoisotopic (exact) mass is 178 g/mol. The zero-order valence-electron chi connectivity index (χ0n) is 8.05. The molecule has 0 saturated heterocycles. The Balaban J connectivity index is 2.39. The number of quaternary nitrogens is 1. The lowest BCUT2D eigenvalue weighted by molar-refractivity contribution is -0.409. The van der Waals surface area contributed by atoms with Gasteiger partial charge in [-0.05, 0) is 24.5 Å². The van der Waals surface area contributed by atoms with Gasteiger partial charge in [0.1, 0.15) is 0 Å². The van der Waals surface area contributed by atoms with Crippen molar-refractivity contribution in [2.45, 2.75) is 32.2 Å². The molecular weight excluding hydrogens is 162 g/mol. The highest BCUT2D eigenvalue weighted by molar-refractivity contribution is 5.14. The van der Waals surface area contributed by atoms with Crippen LogP contribution in [0.25, 0.3) is 0 Å². The predicted octanol–water partition coefficient (Wildman–Crippen LogP) is 1.76. The summed E-state index contributed by atoms with van der Waals surface area (Å²) in [7, 11) is 0. The molecular formula is C11H16NO+. The van der Waals surface area contributed by atoms with Crippen molar-refractivity contribution in [1.29, 1.82) is 0 Å². The van der Waals surface area contributed by atoms with E-state index in [9.17, 15) is 0 Å². The summed E-state index contributed by atoms with van der Waals surface area (Å²) < 4.78 is 5.19. The highest BCUT2D eigenvalue weighted by Crippen LogP contribution is 2.07. The summed E-state index contributed by atoms with van der Waals surface area (Å²) in [6.45, 7) is 2.16. The first-order valence-corrected chi connectivity index (χ1v) is 4.69. The molecule has 0 bridgehead atoms. The van der Waals surface area contributed by atoms with E-state index in [2.05, 4.69) is 24.5 Å². The molecule has 70 valence electrons. The SMILES string of the molecule is CCCCC#CC([NH3+])c1ccco1. The van der Waals surface area contributed by atoms with Crippen molar-refractivity contribution in [3.63, 3.8) is 0 Å². The minimum Gasteiger partial charge on any atom is -0.462 e. The van der Waals surface area contributed by atoms with Crippen LogP contribution in [0.1, 0.15) is 38.0 Å². The van der Waals surface area contributed by atoms with Crippen molar-refractivity contribution in [2.75, 3.05) is 0 Å². The number of hydrogen-bond donors (Lipinski definition) is 1. The average molecular weight is 178 g/mol. The van der Waals surface area contributed by atoms with Gasteiger partial charge in [0.2, 0.25) is 6.04 Å². The molecule has 1 heterocycles. The van der Waals surface area contributed by atoms with Gasteiger partial charge in [-0.1, -0.05) is 19.3 Å². The van der Waals surface area contributed by atoms with E-state index in [1.54, 1.807) is 6.26 Å². The lowest BCUT2D eigenvalue weighted by Crippen LogP contribution is -2.52. The molecule has 13 heavy (non-hydrogen) atoms. The van der Waals surface area contributed by atoms with E-state index >= 15 is 0 Å². The first-order valence-electron chi connectivity index (χ1n) is 4.69. The zero-order valence-corrected chi connectivity index (χ0v) is 8.05. The third-order valence-corrected chi connectivity index (χ3v) is 1.82. The topological polar surface area (TPSA) is 40.8 Å². The van der Waals surface area contributed by atoms with Crippen LogP contribution >= 0.6 is 0 Å². The quantitative estimate of drug-likeness (QED) is 0.556. The van der Waals surface area contributed by atoms with Crippen molar-refractivity contribution >= 4 is 0 Å². The smallest absolute Gasteiger partial charge is 0.204 e. The lowest BCUT2D eigenvalue weighted by Gasteiger charge is -1.93. The Morgan fingerprint density at radius 2 is 2.46 bits per heavy atom. The molecule has 0 spiro atoms. The van der Waals surface area contributed by atoms with E-state index in [-0.39, 0.29) is 6.04 Å². The van der Waals surface area contributed by atoms with Crippen LogP contribution in [0.3, 0.4) is 0 Å². The fourth-order valence-corrected chi connectivity index (χ4v) is 1.02. The Morgan fingerprint density at radius 3 is 3.08 bits per heavy atom. The molecule has 0 aromatic carbocycles. The second-order valence-electron chi connectivity index (χ2n) is 2.99. The standard InChI is InChI=1S/C11H15NO/c1-2-3-4-5-7-10(12)11-8-6-9-13-11/h6,8-10H,2-4,12H2,1H3/p+1. The Morgan fingerprint density at radius 1 is 1.62 bits per heavy atom. The lowest BCUT2D eigenvalue weighted by atomic mass is 10.2. The third kappa shape index (κ3) is 3.35. The van der Waals surface area contributed by atoms with Gasteiger partial charge in [0.25, 0.3) is 0 Å². The zero-order chi connectivity index (χ0) is 9.52. The molecule has 1 aromatic rings. The van der Waals surface area contributed by atoms with Gasteiger partial charge >= 0.3 is 0 Å². The summed E-state index contributed by atoms with van der Waals surface area (Å²) in [5.74, 6) is 7.02. The minimum absolute atomic E-state index is 0.0214. The van der Waals surface area contributed by atoms with E-state index in [1.807, 2.05) is 12.1 Å². The molecule has 1 unspecified atom stereocenters. The summed E-state index contributed by atoms with van der Waals surface area (Å²) in [5, 5.41) is 0. The number of furan rings is 1. The fourth-order valence-electron chi connectivity index (χ4n) is 1.02. The number of hydrogen-bond acceptors (Lipinski definition) is 1. The molecule has 0 amide bonds. The molecule has 0 fully saturated rings. The van der Waals surface area contributed by atoms with Gasteiger partial charge in [-0.15, -0.1) is 0 Å². The molecule has 0 aliphatic carbocycles. The van der Waals surface area contributed by atoms with Gasteiger partial charge in [0, 0.05) is 6.42 Å². The minimum atomic E-state index is -0.0214. The molecule has 0 aliphatic rings. The second-order valence-corrected chi connectivity index (χ2v) is 2.99. The number of rotatable bonds is 3. The first kappa shape index (κ1) is 9.88. The van der Waals surface area contributed by atoms with Crippen LogP contribution in [-0.2, 0) is 0 Å². The molecule has 0 radical (unpaired) electrons. The maximum absolute atomic E-state index is 5.19. The maximum Gasteiger partial charge on any atom is 0.204 e. The summed E-state index contributed by atoms with van der Waals surface area (Å²) in [5.41, 5.74) is 3.91. The molecule has 1 atom stereocenters. The maximum atomic E-state index is 5.19. The highest BCUT2D eigenvalue weighted by Gasteiger charge is 2.06. The third-order valence-electron chi connectivity index (χ3n) is 1.82. The molecule has 1 aromatic heterocycles. The van der Waals surface area contributed by atoms with Crippen LogP contribution in [0.15, 0.2) is 22.8 Å². The largest absolute Gasteiger partial charge is 0.462 e. The highest BCUT2D eigenvalue weighted by atomic mass is 16.3. The van der Waals surface area contributed by atoms with Crippen LogP contribution in [0, 0.1) is 11.8 Å². The Kier molecular flexibility index (Phi) is 4.14. The molecule has 0 aliphatic heterocycles. The van der Waals surface area contributed by atoms with E-state index in [0.717, 1.165) is 18.6 Å². The van der Waals surface area contributed by atoms with Gasteiger partial charge in [-0.3, -0.25) is 0 Å². The van der Waals surface area contributed by atoms with Crippen molar-refractivity contribution in [2.24, 2.45) is 0 Å². The van der Waals surface area contributed by atoms with Gasteiger partial charge in [-0.2, -0.15) is 0 Å². The van der Waals surface area contributed by atoms with Crippen LogP contribution in [-0.4, -0.2) is 0 Å². The van der Waals surface area contributed by atoms with Crippen LogP contribution < -0.4 is 5.73 Å². The summed E-state index contributed by atoms with van der Waals surface area (Å²) >= 11 is 0. The van der Waals surface area contributed by atoms with Crippen LogP contribution in [0.4, 0.5) is 0 Å². The molecule has 0 saturated carbocycles. The fraction of sp³-hybridized carbons (Fsp3) is 0.455. The molecule has 2 heteroatoms. The van der Waals surface area contributed by atoms with E-state index in [0.29, 0.717) is 0 Å². The van der Waals surface area contributed by atoms with Crippen molar-refractivity contribution in [3.8, 4) is 11.8 Å². The van der Waals surface area contributed by atoms with Gasteiger partial charge in [0.05, 0.1) is 6.26 Å². The van der Waals surface area contributed by atoms with Gasteiger partial charge < -0.3 is 10.2 Å². The van der Waals surface area contributed by atoms with Crippen LogP contribution in [0.2, 0.25) is 0 Å². The summed E-state index contributed by atoms with van der Waals surface area (Å²) in [4.78, 5) is 0. The Labute approximate surface area is 79.1 Å². The van der Waals surface area contributed by atoms with Crippen molar-refractivity contribution in [3.05, 3.63) is 24.2 Å². The second kappa shape index (κ2) is 5.45. The average Bonchev–Trinajstić information content (AvgIpc) is 2.65. The summed E-state index contributed by atoms with van der Waals surface area (Å²) in [6.07, 6.45) is 4.97. The molecule has 3 N–H and O–H groups in total. The van der Waals surface area contributed by atoms with E-state index in [4.69, 9.17) is 4.42 Å².